The average Bonchev–Trinajstić information content (AvgIpc) is 2.01. The van der Waals surface area contributed by atoms with Crippen molar-refractivity contribution in [2.75, 3.05) is 6.61 Å². The Labute approximate surface area is 65.8 Å². The van der Waals surface area contributed by atoms with Crippen LogP contribution in [0, 0.1) is 6.92 Å². The maximum absolute atomic E-state index is 5.14. The number of aryl methyl sites for hydroxylation is 1. The Morgan fingerprint density at radius 3 is 3.09 bits per heavy atom. The molecule has 0 unspecified atom stereocenters. The van der Waals surface area contributed by atoms with E-state index in [0.29, 0.717) is 12.5 Å². The first-order valence-electron chi connectivity index (χ1n) is 3.35. The quantitative estimate of drug-likeness (QED) is 0.610. The highest BCUT2D eigenvalue weighted by molar-refractivity contribution is 5.07. The van der Waals surface area contributed by atoms with Crippen LogP contribution < -0.4 is 4.74 Å². The van der Waals surface area contributed by atoms with Crippen molar-refractivity contribution >= 4 is 0 Å². The van der Waals surface area contributed by atoms with Gasteiger partial charge in [0.1, 0.15) is 6.61 Å². The molecule has 0 aliphatic carbocycles. The third-order valence-electron chi connectivity index (χ3n) is 1.08. The van der Waals surface area contributed by atoms with Crippen molar-refractivity contribution in [3.8, 4) is 5.88 Å². The first kappa shape index (κ1) is 7.72. The molecule has 0 saturated heterocycles. The van der Waals surface area contributed by atoms with E-state index in [0.717, 1.165) is 5.69 Å². The van der Waals surface area contributed by atoms with E-state index in [1.54, 1.807) is 18.5 Å². The second-order valence-corrected chi connectivity index (χ2v) is 2.10. The van der Waals surface area contributed by atoms with Gasteiger partial charge >= 0.3 is 0 Å². The first-order valence-corrected chi connectivity index (χ1v) is 3.35. The number of rotatable bonds is 3. The fourth-order valence-corrected chi connectivity index (χ4v) is 0.654. The highest BCUT2D eigenvalue weighted by atomic mass is 16.5. The summed E-state index contributed by atoms with van der Waals surface area (Å²) in [4.78, 5) is 7.99. The van der Waals surface area contributed by atoms with Gasteiger partial charge in [-0.15, -0.1) is 0 Å². The molecule has 1 aromatic rings. The van der Waals surface area contributed by atoms with E-state index in [1.807, 2.05) is 6.92 Å². The number of hydrogen-bond acceptors (Lipinski definition) is 3. The summed E-state index contributed by atoms with van der Waals surface area (Å²) in [6.07, 6.45) is 4.93. The molecule has 0 spiro atoms. The van der Waals surface area contributed by atoms with Crippen LogP contribution in [-0.4, -0.2) is 16.6 Å². The predicted molar refractivity (Wildman–Crippen MR) is 42.5 cm³/mol. The van der Waals surface area contributed by atoms with Crippen molar-refractivity contribution in [2.24, 2.45) is 0 Å². The molecule has 1 rings (SSSR count). The van der Waals surface area contributed by atoms with Crippen LogP contribution in [0.5, 0.6) is 5.88 Å². The lowest BCUT2D eigenvalue weighted by atomic mass is 10.5. The van der Waals surface area contributed by atoms with Crippen molar-refractivity contribution in [1.29, 1.82) is 0 Å². The molecule has 3 heteroatoms. The van der Waals surface area contributed by atoms with Crippen molar-refractivity contribution in [1.82, 2.24) is 9.97 Å². The Balaban J connectivity index is 2.63. The van der Waals surface area contributed by atoms with E-state index in [4.69, 9.17) is 4.74 Å². The molecule has 58 valence electrons. The predicted octanol–water partition coefficient (Wildman–Crippen LogP) is 1.35. The van der Waals surface area contributed by atoms with E-state index in [-0.39, 0.29) is 0 Å². The van der Waals surface area contributed by atoms with Crippen LogP contribution in [0.15, 0.2) is 25.0 Å². The highest BCUT2D eigenvalue weighted by Crippen LogP contribution is 2.03. The standard InChI is InChI=1S/C8H10N2O/c1-3-4-11-8-6-9-5-7(2)10-8/h3,5-6H,1,4H2,2H3. The molecule has 0 aliphatic rings. The molecule has 0 aromatic carbocycles. The summed E-state index contributed by atoms with van der Waals surface area (Å²) in [5.74, 6) is 0.546. The van der Waals surface area contributed by atoms with Gasteiger partial charge in [-0.05, 0) is 6.92 Å². The molecule has 0 saturated carbocycles. The van der Waals surface area contributed by atoms with E-state index >= 15 is 0 Å². The van der Waals surface area contributed by atoms with Gasteiger partial charge in [0.05, 0.1) is 11.9 Å². The molecule has 0 bridgehead atoms. The van der Waals surface area contributed by atoms with Gasteiger partial charge in [0.25, 0.3) is 0 Å². The molecular formula is C8H10N2O. The third-order valence-corrected chi connectivity index (χ3v) is 1.08. The molecule has 1 aromatic heterocycles. The molecule has 0 N–H and O–H groups in total. The van der Waals surface area contributed by atoms with Crippen LogP contribution in [-0.2, 0) is 0 Å². The zero-order chi connectivity index (χ0) is 8.10. The Bertz CT molecular complexity index is 248. The summed E-state index contributed by atoms with van der Waals surface area (Å²) in [7, 11) is 0. The number of aromatic nitrogens is 2. The fraction of sp³-hybridized carbons (Fsp3) is 0.250. The van der Waals surface area contributed by atoms with Crippen LogP contribution in [0.4, 0.5) is 0 Å². The van der Waals surface area contributed by atoms with Crippen molar-refractivity contribution in [2.45, 2.75) is 6.92 Å². The van der Waals surface area contributed by atoms with E-state index in [9.17, 15) is 0 Å². The molecule has 3 nitrogen and oxygen atoms in total. The Kier molecular flexibility index (Phi) is 2.60. The summed E-state index contributed by atoms with van der Waals surface area (Å²) in [5, 5.41) is 0. The largest absolute Gasteiger partial charge is 0.472 e. The second-order valence-electron chi connectivity index (χ2n) is 2.10. The minimum absolute atomic E-state index is 0.470. The molecular weight excluding hydrogens is 140 g/mol. The lowest BCUT2D eigenvalue weighted by molar-refractivity contribution is 0.346. The van der Waals surface area contributed by atoms with Crippen LogP contribution in [0.25, 0.3) is 0 Å². The zero-order valence-electron chi connectivity index (χ0n) is 6.45. The van der Waals surface area contributed by atoms with Crippen LogP contribution in [0.1, 0.15) is 5.69 Å². The van der Waals surface area contributed by atoms with Gasteiger partial charge in [-0.25, -0.2) is 4.98 Å². The molecule has 0 radical (unpaired) electrons. The van der Waals surface area contributed by atoms with Gasteiger partial charge < -0.3 is 4.74 Å². The Morgan fingerprint density at radius 2 is 2.45 bits per heavy atom. The minimum atomic E-state index is 0.470. The van der Waals surface area contributed by atoms with Crippen molar-refractivity contribution in [3.63, 3.8) is 0 Å². The third kappa shape index (κ3) is 2.37. The monoisotopic (exact) mass is 150 g/mol. The molecule has 11 heavy (non-hydrogen) atoms. The molecule has 1 heterocycles. The topological polar surface area (TPSA) is 35.0 Å². The number of nitrogens with zero attached hydrogens (tertiary/aromatic N) is 2. The van der Waals surface area contributed by atoms with Crippen molar-refractivity contribution in [3.05, 3.63) is 30.7 Å². The second kappa shape index (κ2) is 3.71. The highest BCUT2D eigenvalue weighted by Gasteiger charge is 1.92. The molecule has 0 fully saturated rings. The normalized spacial score (nSPS) is 9.18. The van der Waals surface area contributed by atoms with Gasteiger partial charge in [-0.1, -0.05) is 12.7 Å². The molecule has 0 atom stereocenters. The summed E-state index contributed by atoms with van der Waals surface area (Å²) in [6.45, 7) is 5.86. The zero-order valence-corrected chi connectivity index (χ0v) is 6.45. The van der Waals surface area contributed by atoms with Gasteiger partial charge in [0.15, 0.2) is 0 Å². The Morgan fingerprint density at radius 1 is 1.64 bits per heavy atom. The molecule has 0 aliphatic heterocycles. The first-order chi connectivity index (χ1) is 5.33. The van der Waals surface area contributed by atoms with Gasteiger partial charge in [-0.3, -0.25) is 4.98 Å². The molecule has 0 amide bonds. The van der Waals surface area contributed by atoms with E-state index < -0.39 is 0 Å². The van der Waals surface area contributed by atoms with Crippen LogP contribution >= 0.6 is 0 Å². The SMILES string of the molecule is C=CCOc1cncc(C)n1. The van der Waals surface area contributed by atoms with E-state index in [2.05, 4.69) is 16.5 Å². The summed E-state index contributed by atoms with van der Waals surface area (Å²) in [6, 6.07) is 0. The van der Waals surface area contributed by atoms with Crippen LogP contribution in [0.3, 0.4) is 0 Å². The maximum Gasteiger partial charge on any atom is 0.232 e. The van der Waals surface area contributed by atoms with Gasteiger partial charge in [-0.2, -0.15) is 0 Å². The smallest absolute Gasteiger partial charge is 0.232 e. The summed E-state index contributed by atoms with van der Waals surface area (Å²) in [5.41, 5.74) is 0.853. The minimum Gasteiger partial charge on any atom is -0.472 e. The number of ether oxygens (including phenoxy) is 1. The van der Waals surface area contributed by atoms with Crippen LogP contribution in [0.2, 0.25) is 0 Å². The summed E-state index contributed by atoms with van der Waals surface area (Å²) < 4.78 is 5.14. The summed E-state index contributed by atoms with van der Waals surface area (Å²) >= 11 is 0. The van der Waals surface area contributed by atoms with Gasteiger partial charge in [0.2, 0.25) is 5.88 Å². The lowest BCUT2D eigenvalue weighted by Gasteiger charge is -2.00. The Hall–Kier alpha value is -1.38. The fourth-order valence-electron chi connectivity index (χ4n) is 0.654. The van der Waals surface area contributed by atoms with Crippen molar-refractivity contribution < 1.29 is 4.74 Å². The number of hydrogen-bond donors (Lipinski definition) is 0. The van der Waals surface area contributed by atoms with E-state index in [1.165, 1.54) is 0 Å². The average molecular weight is 150 g/mol. The lowest BCUT2D eigenvalue weighted by Crippen LogP contribution is -1.96. The van der Waals surface area contributed by atoms with Gasteiger partial charge in [0, 0.05) is 6.20 Å². The maximum atomic E-state index is 5.14.